The van der Waals surface area contributed by atoms with E-state index in [1.54, 1.807) is 6.20 Å². The van der Waals surface area contributed by atoms with E-state index in [0.29, 0.717) is 6.54 Å². The van der Waals surface area contributed by atoms with Crippen molar-refractivity contribution < 1.29 is 17.9 Å². The summed E-state index contributed by atoms with van der Waals surface area (Å²) in [5.74, 6) is -3.93. The van der Waals surface area contributed by atoms with Crippen molar-refractivity contribution in [2.75, 3.05) is 50.0 Å². The van der Waals surface area contributed by atoms with Crippen LogP contribution >= 0.6 is 0 Å². The van der Waals surface area contributed by atoms with E-state index in [2.05, 4.69) is 14.8 Å². The highest BCUT2D eigenvalue weighted by molar-refractivity contribution is 5.51. The number of pyridine rings is 1. The number of benzene rings is 1. The van der Waals surface area contributed by atoms with E-state index in [4.69, 9.17) is 10.5 Å². The van der Waals surface area contributed by atoms with Gasteiger partial charge in [-0.15, -0.1) is 0 Å². The first-order valence-corrected chi connectivity index (χ1v) is 8.41. The molecule has 1 aromatic carbocycles. The van der Waals surface area contributed by atoms with Gasteiger partial charge in [0.2, 0.25) is 0 Å². The van der Waals surface area contributed by atoms with Crippen LogP contribution in [0.4, 0.5) is 24.5 Å². The summed E-state index contributed by atoms with van der Waals surface area (Å²) >= 11 is 0. The summed E-state index contributed by atoms with van der Waals surface area (Å²) in [4.78, 5) is 8.49. The zero-order valence-electron chi connectivity index (χ0n) is 14.5. The van der Waals surface area contributed by atoms with E-state index >= 15 is 0 Å². The number of halogens is 3. The van der Waals surface area contributed by atoms with Gasteiger partial charge < -0.3 is 15.4 Å². The molecule has 1 aliphatic heterocycles. The Morgan fingerprint density at radius 2 is 1.85 bits per heavy atom. The normalized spacial score (nSPS) is 15.3. The Hall–Kier alpha value is -2.48. The molecule has 140 valence electrons. The molecule has 0 unspecified atom stereocenters. The fourth-order valence-electron chi connectivity index (χ4n) is 2.96. The number of hydrogen-bond donors (Lipinski definition) is 1. The lowest BCUT2D eigenvalue weighted by Gasteiger charge is -2.35. The Morgan fingerprint density at radius 3 is 2.50 bits per heavy atom. The highest BCUT2D eigenvalue weighted by Crippen LogP contribution is 2.32. The van der Waals surface area contributed by atoms with E-state index in [-0.39, 0.29) is 12.2 Å². The molecule has 26 heavy (non-hydrogen) atoms. The molecule has 0 radical (unpaired) electrons. The monoisotopic (exact) mass is 366 g/mol. The number of anilines is 2. The van der Waals surface area contributed by atoms with Gasteiger partial charge in [-0.05, 0) is 19.1 Å². The van der Waals surface area contributed by atoms with Gasteiger partial charge >= 0.3 is 0 Å². The van der Waals surface area contributed by atoms with Crippen LogP contribution < -0.4 is 15.4 Å². The molecular formula is C18H21F3N4O. The number of nitrogens with zero attached hydrogens (tertiary/aromatic N) is 3. The molecule has 0 atom stereocenters. The van der Waals surface area contributed by atoms with Crippen LogP contribution in [0.3, 0.4) is 0 Å². The highest BCUT2D eigenvalue weighted by atomic mass is 19.1. The highest BCUT2D eigenvalue weighted by Gasteiger charge is 2.23. The van der Waals surface area contributed by atoms with Crippen molar-refractivity contribution in [3.63, 3.8) is 0 Å². The summed E-state index contributed by atoms with van der Waals surface area (Å²) in [5.41, 5.74) is 5.33. The smallest absolute Gasteiger partial charge is 0.193 e. The SMILES string of the molecule is Cc1c(F)c(N)c(F)c(OCCN2CCN(c3cccnc3)CC2)c1F. The summed E-state index contributed by atoms with van der Waals surface area (Å²) in [7, 11) is 0. The van der Waals surface area contributed by atoms with E-state index in [1.165, 1.54) is 6.92 Å². The van der Waals surface area contributed by atoms with Gasteiger partial charge in [0.05, 0.1) is 11.9 Å². The molecule has 0 spiro atoms. The lowest BCUT2D eigenvalue weighted by molar-refractivity contribution is 0.192. The maximum absolute atomic E-state index is 14.0. The minimum absolute atomic E-state index is 0.0885. The quantitative estimate of drug-likeness (QED) is 0.825. The van der Waals surface area contributed by atoms with Crippen LogP contribution in [0.5, 0.6) is 5.75 Å². The molecule has 0 saturated carbocycles. The predicted octanol–water partition coefficient (Wildman–Crippen LogP) is 2.59. The second-order valence-electron chi connectivity index (χ2n) is 6.20. The predicted molar refractivity (Wildman–Crippen MR) is 93.9 cm³/mol. The summed E-state index contributed by atoms with van der Waals surface area (Å²) in [5, 5.41) is 0. The van der Waals surface area contributed by atoms with Crippen molar-refractivity contribution in [3.05, 3.63) is 47.5 Å². The first kappa shape index (κ1) is 18.3. The van der Waals surface area contributed by atoms with Crippen LogP contribution in [0.1, 0.15) is 5.56 Å². The van der Waals surface area contributed by atoms with E-state index < -0.39 is 28.9 Å². The zero-order valence-corrected chi connectivity index (χ0v) is 14.5. The molecule has 3 rings (SSSR count). The molecule has 2 heterocycles. The number of ether oxygens (including phenoxy) is 1. The van der Waals surface area contributed by atoms with Gasteiger partial charge in [0.25, 0.3) is 0 Å². The maximum Gasteiger partial charge on any atom is 0.193 e. The van der Waals surface area contributed by atoms with E-state index in [1.807, 2.05) is 18.3 Å². The number of nitrogens with two attached hydrogens (primary N) is 1. The topological polar surface area (TPSA) is 54.6 Å². The second-order valence-corrected chi connectivity index (χ2v) is 6.20. The van der Waals surface area contributed by atoms with Crippen LogP contribution in [0.2, 0.25) is 0 Å². The summed E-state index contributed by atoms with van der Waals surface area (Å²) in [6.07, 6.45) is 3.56. The Balaban J connectivity index is 1.53. The van der Waals surface area contributed by atoms with E-state index in [9.17, 15) is 13.2 Å². The molecule has 1 saturated heterocycles. The van der Waals surface area contributed by atoms with Gasteiger partial charge in [-0.2, -0.15) is 0 Å². The van der Waals surface area contributed by atoms with Crippen molar-refractivity contribution in [2.45, 2.75) is 6.92 Å². The van der Waals surface area contributed by atoms with Gasteiger partial charge in [-0.3, -0.25) is 9.88 Å². The Kier molecular flexibility index (Phi) is 5.51. The van der Waals surface area contributed by atoms with Gasteiger partial charge in [-0.25, -0.2) is 13.2 Å². The molecule has 0 aliphatic carbocycles. The molecule has 1 fully saturated rings. The Bertz CT molecular complexity index is 736. The molecule has 8 heteroatoms. The van der Waals surface area contributed by atoms with Gasteiger partial charge in [0, 0.05) is 44.5 Å². The van der Waals surface area contributed by atoms with Crippen molar-refractivity contribution in [2.24, 2.45) is 0 Å². The summed E-state index contributed by atoms with van der Waals surface area (Å²) < 4.78 is 46.8. The third-order valence-electron chi connectivity index (χ3n) is 4.57. The van der Waals surface area contributed by atoms with Crippen LogP contribution in [0, 0.1) is 24.4 Å². The Labute approximate surface area is 150 Å². The first-order chi connectivity index (χ1) is 12.5. The van der Waals surface area contributed by atoms with Crippen LogP contribution in [-0.2, 0) is 0 Å². The maximum atomic E-state index is 14.0. The standard InChI is InChI=1S/C18H21F3N4O/c1-12-14(19)17(22)16(21)18(15(12)20)26-10-9-24-5-7-25(8-6-24)13-3-2-4-23-11-13/h2-4,11H,5-10,22H2,1H3. The fraction of sp³-hybridized carbons (Fsp3) is 0.389. The third kappa shape index (κ3) is 3.70. The van der Waals surface area contributed by atoms with Gasteiger partial charge in [-0.1, -0.05) is 0 Å². The molecule has 1 aliphatic rings. The number of aromatic nitrogens is 1. The molecular weight excluding hydrogens is 345 g/mol. The first-order valence-electron chi connectivity index (χ1n) is 8.41. The van der Waals surface area contributed by atoms with Crippen molar-refractivity contribution in [1.29, 1.82) is 0 Å². The van der Waals surface area contributed by atoms with E-state index in [0.717, 1.165) is 31.9 Å². The van der Waals surface area contributed by atoms with Gasteiger partial charge in [0.1, 0.15) is 12.3 Å². The van der Waals surface area contributed by atoms with Crippen LogP contribution in [0.15, 0.2) is 24.5 Å². The molecule has 2 aromatic rings. The van der Waals surface area contributed by atoms with Gasteiger partial charge in [0.15, 0.2) is 23.2 Å². The van der Waals surface area contributed by atoms with Crippen molar-refractivity contribution in [1.82, 2.24) is 9.88 Å². The number of piperazine rings is 1. The van der Waals surface area contributed by atoms with Crippen LogP contribution in [0.25, 0.3) is 0 Å². The molecule has 0 amide bonds. The lowest BCUT2D eigenvalue weighted by atomic mass is 10.1. The second kappa shape index (κ2) is 7.82. The van der Waals surface area contributed by atoms with Crippen molar-refractivity contribution >= 4 is 11.4 Å². The largest absolute Gasteiger partial charge is 0.486 e. The molecule has 2 N–H and O–H groups in total. The molecule has 0 bridgehead atoms. The third-order valence-corrected chi connectivity index (χ3v) is 4.57. The lowest BCUT2D eigenvalue weighted by Crippen LogP contribution is -2.47. The average Bonchev–Trinajstić information content (AvgIpc) is 2.68. The summed E-state index contributed by atoms with van der Waals surface area (Å²) in [6.45, 7) is 5.06. The Morgan fingerprint density at radius 1 is 1.12 bits per heavy atom. The van der Waals surface area contributed by atoms with Crippen molar-refractivity contribution in [3.8, 4) is 5.75 Å². The minimum Gasteiger partial charge on any atom is -0.486 e. The minimum atomic E-state index is -1.19. The van der Waals surface area contributed by atoms with Crippen LogP contribution in [-0.4, -0.2) is 49.2 Å². The average molecular weight is 366 g/mol. The fourth-order valence-corrected chi connectivity index (χ4v) is 2.96. The number of nitrogen functional groups attached to an aromatic ring is 1. The molecule has 5 nitrogen and oxygen atoms in total. The summed E-state index contributed by atoms with van der Waals surface area (Å²) in [6, 6.07) is 3.91. The molecule has 1 aromatic heterocycles. The zero-order chi connectivity index (χ0) is 18.7. The number of rotatable bonds is 5. The number of hydrogen-bond acceptors (Lipinski definition) is 5.